The molecule has 152 valence electrons. The molecule has 0 saturated carbocycles. The van der Waals surface area contributed by atoms with Gasteiger partial charge in [-0.2, -0.15) is 0 Å². The molecular formula is C22H29NO5. The number of nitrogens with one attached hydrogen (secondary N) is 1. The summed E-state index contributed by atoms with van der Waals surface area (Å²) in [5.41, 5.74) is 2.98. The second kappa shape index (κ2) is 9.88. The molecular weight excluding hydrogens is 358 g/mol. The number of carbonyl (C=O) groups is 1. The summed E-state index contributed by atoms with van der Waals surface area (Å²) in [6, 6.07) is 9.55. The van der Waals surface area contributed by atoms with Gasteiger partial charge in [-0.05, 0) is 55.7 Å². The highest BCUT2D eigenvalue weighted by Gasteiger charge is 2.21. The minimum absolute atomic E-state index is 0.182. The van der Waals surface area contributed by atoms with E-state index < -0.39 is 6.10 Å². The van der Waals surface area contributed by atoms with Crippen LogP contribution in [0.2, 0.25) is 0 Å². The van der Waals surface area contributed by atoms with Gasteiger partial charge < -0.3 is 24.3 Å². The lowest BCUT2D eigenvalue weighted by molar-refractivity contribution is -0.128. The van der Waals surface area contributed by atoms with Gasteiger partial charge >= 0.3 is 0 Å². The van der Waals surface area contributed by atoms with Crippen molar-refractivity contribution in [3.05, 3.63) is 47.0 Å². The van der Waals surface area contributed by atoms with Gasteiger partial charge in [-0.1, -0.05) is 13.0 Å². The molecule has 1 amide bonds. The predicted molar refractivity (Wildman–Crippen MR) is 109 cm³/mol. The lowest BCUT2D eigenvalue weighted by atomic mass is 10.1. The third-order valence-corrected chi connectivity index (χ3v) is 4.38. The van der Waals surface area contributed by atoms with E-state index in [2.05, 4.69) is 11.4 Å². The molecule has 2 aromatic rings. The summed E-state index contributed by atoms with van der Waals surface area (Å²) in [6.45, 7) is 6.22. The molecule has 0 aliphatic heterocycles. The number of aryl methyl sites for hydroxylation is 2. The van der Waals surface area contributed by atoms with E-state index in [1.54, 1.807) is 27.4 Å². The van der Waals surface area contributed by atoms with Crippen LogP contribution in [0.1, 0.15) is 30.0 Å². The molecule has 0 aromatic heterocycles. The van der Waals surface area contributed by atoms with E-state index in [4.69, 9.17) is 18.9 Å². The predicted octanol–water partition coefficient (Wildman–Crippen LogP) is 3.80. The first-order chi connectivity index (χ1) is 13.4. The number of ether oxygens (including phenoxy) is 4. The van der Waals surface area contributed by atoms with Gasteiger partial charge in [0.05, 0.1) is 21.3 Å². The van der Waals surface area contributed by atoms with Crippen LogP contribution < -0.4 is 24.3 Å². The minimum atomic E-state index is -0.577. The maximum atomic E-state index is 12.7. The normalized spacial score (nSPS) is 11.5. The van der Waals surface area contributed by atoms with Crippen molar-refractivity contribution < 1.29 is 23.7 Å². The molecule has 2 aromatic carbocycles. The standard InChI is InChI=1S/C22H29NO5/c1-7-18(28-17-11-14(2)10-15(3)12-17)22(24)23-13-16-8-9-19(25-4)21(27-6)20(16)26-5/h8-12,18H,7,13H2,1-6H3,(H,23,24)/t18-/m1/s1. The Hall–Kier alpha value is -2.89. The Morgan fingerprint density at radius 3 is 2.14 bits per heavy atom. The van der Waals surface area contributed by atoms with Crippen LogP contribution in [0.15, 0.2) is 30.3 Å². The van der Waals surface area contributed by atoms with Gasteiger partial charge in [0.2, 0.25) is 5.75 Å². The Bertz CT molecular complexity index is 799. The largest absolute Gasteiger partial charge is 0.493 e. The van der Waals surface area contributed by atoms with Crippen LogP contribution in [0.4, 0.5) is 0 Å². The highest BCUT2D eigenvalue weighted by molar-refractivity contribution is 5.81. The van der Waals surface area contributed by atoms with Crippen LogP contribution in [0, 0.1) is 13.8 Å². The van der Waals surface area contributed by atoms with Gasteiger partial charge in [-0.25, -0.2) is 0 Å². The molecule has 0 aliphatic rings. The highest BCUT2D eigenvalue weighted by atomic mass is 16.5. The molecule has 6 nitrogen and oxygen atoms in total. The van der Waals surface area contributed by atoms with Crippen molar-refractivity contribution in [2.24, 2.45) is 0 Å². The van der Waals surface area contributed by atoms with Crippen LogP contribution in [-0.2, 0) is 11.3 Å². The molecule has 1 atom stereocenters. The zero-order valence-corrected chi connectivity index (χ0v) is 17.4. The highest BCUT2D eigenvalue weighted by Crippen LogP contribution is 2.39. The fraction of sp³-hybridized carbons (Fsp3) is 0.409. The van der Waals surface area contributed by atoms with Crippen molar-refractivity contribution in [2.45, 2.75) is 39.8 Å². The van der Waals surface area contributed by atoms with Crippen LogP contribution in [-0.4, -0.2) is 33.3 Å². The summed E-state index contributed by atoms with van der Waals surface area (Å²) in [5.74, 6) is 2.11. The molecule has 0 saturated heterocycles. The maximum Gasteiger partial charge on any atom is 0.261 e. The van der Waals surface area contributed by atoms with Crippen molar-refractivity contribution >= 4 is 5.91 Å². The molecule has 28 heavy (non-hydrogen) atoms. The third kappa shape index (κ3) is 5.09. The number of amides is 1. The monoisotopic (exact) mass is 387 g/mol. The summed E-state index contributed by atoms with van der Waals surface area (Å²) in [7, 11) is 4.67. The van der Waals surface area contributed by atoms with E-state index in [-0.39, 0.29) is 12.5 Å². The Labute approximate surface area is 166 Å². The van der Waals surface area contributed by atoms with E-state index in [0.717, 1.165) is 16.7 Å². The number of hydrogen-bond acceptors (Lipinski definition) is 5. The van der Waals surface area contributed by atoms with Crippen molar-refractivity contribution in [3.8, 4) is 23.0 Å². The first-order valence-corrected chi connectivity index (χ1v) is 9.23. The van der Waals surface area contributed by atoms with Crippen LogP contribution in [0.5, 0.6) is 23.0 Å². The third-order valence-electron chi connectivity index (χ3n) is 4.38. The first-order valence-electron chi connectivity index (χ1n) is 9.23. The fourth-order valence-corrected chi connectivity index (χ4v) is 3.09. The van der Waals surface area contributed by atoms with E-state index >= 15 is 0 Å². The molecule has 6 heteroatoms. The summed E-state index contributed by atoms with van der Waals surface area (Å²) in [6.07, 6.45) is -0.0191. The van der Waals surface area contributed by atoms with Crippen molar-refractivity contribution in [1.29, 1.82) is 0 Å². The molecule has 0 aliphatic carbocycles. The van der Waals surface area contributed by atoms with Gasteiger partial charge in [0, 0.05) is 12.1 Å². The second-order valence-corrected chi connectivity index (χ2v) is 6.55. The van der Waals surface area contributed by atoms with E-state index in [0.29, 0.717) is 29.4 Å². The summed E-state index contributed by atoms with van der Waals surface area (Å²) in [4.78, 5) is 12.7. The zero-order chi connectivity index (χ0) is 20.7. The fourth-order valence-electron chi connectivity index (χ4n) is 3.09. The Kier molecular flexibility index (Phi) is 7.55. The Morgan fingerprint density at radius 1 is 0.964 bits per heavy atom. The minimum Gasteiger partial charge on any atom is -0.493 e. The average Bonchev–Trinajstić information content (AvgIpc) is 2.68. The number of carbonyl (C=O) groups excluding carboxylic acids is 1. The van der Waals surface area contributed by atoms with Crippen molar-refractivity contribution in [2.75, 3.05) is 21.3 Å². The molecule has 0 heterocycles. The van der Waals surface area contributed by atoms with Crippen molar-refractivity contribution in [3.63, 3.8) is 0 Å². The van der Waals surface area contributed by atoms with Gasteiger partial charge in [0.1, 0.15) is 5.75 Å². The molecule has 0 unspecified atom stereocenters. The zero-order valence-electron chi connectivity index (χ0n) is 17.4. The topological polar surface area (TPSA) is 66.0 Å². The number of benzene rings is 2. The molecule has 0 spiro atoms. The molecule has 0 fully saturated rings. The smallest absolute Gasteiger partial charge is 0.261 e. The lowest BCUT2D eigenvalue weighted by Gasteiger charge is -2.19. The van der Waals surface area contributed by atoms with Gasteiger partial charge in [0.25, 0.3) is 5.91 Å². The molecule has 2 rings (SSSR count). The summed E-state index contributed by atoms with van der Waals surface area (Å²) < 4.78 is 22.1. The molecule has 1 N–H and O–H groups in total. The average molecular weight is 387 g/mol. The molecule has 0 radical (unpaired) electrons. The van der Waals surface area contributed by atoms with E-state index in [1.807, 2.05) is 39.0 Å². The van der Waals surface area contributed by atoms with Crippen molar-refractivity contribution in [1.82, 2.24) is 5.32 Å². The number of rotatable bonds is 9. The summed E-state index contributed by atoms with van der Waals surface area (Å²) >= 11 is 0. The number of methoxy groups -OCH3 is 3. The summed E-state index contributed by atoms with van der Waals surface area (Å²) in [5, 5.41) is 2.92. The van der Waals surface area contributed by atoms with Crippen LogP contribution >= 0.6 is 0 Å². The Balaban J connectivity index is 2.11. The van der Waals surface area contributed by atoms with E-state index in [9.17, 15) is 4.79 Å². The lowest BCUT2D eigenvalue weighted by Crippen LogP contribution is -2.37. The van der Waals surface area contributed by atoms with Gasteiger partial charge in [0.15, 0.2) is 17.6 Å². The van der Waals surface area contributed by atoms with Gasteiger partial charge in [-0.15, -0.1) is 0 Å². The van der Waals surface area contributed by atoms with E-state index in [1.165, 1.54) is 0 Å². The molecule has 0 bridgehead atoms. The Morgan fingerprint density at radius 2 is 1.61 bits per heavy atom. The van der Waals surface area contributed by atoms with Crippen LogP contribution in [0.25, 0.3) is 0 Å². The van der Waals surface area contributed by atoms with Gasteiger partial charge in [-0.3, -0.25) is 4.79 Å². The maximum absolute atomic E-state index is 12.7. The first kappa shape index (κ1) is 21.4. The SMILES string of the molecule is CC[C@@H](Oc1cc(C)cc(C)c1)C(=O)NCc1ccc(OC)c(OC)c1OC. The number of hydrogen-bond donors (Lipinski definition) is 1. The second-order valence-electron chi connectivity index (χ2n) is 6.55. The van der Waals surface area contributed by atoms with Crippen LogP contribution in [0.3, 0.4) is 0 Å². The quantitative estimate of drug-likeness (QED) is 0.709.